The van der Waals surface area contributed by atoms with Gasteiger partial charge >= 0.3 is 0 Å². The molecule has 7 aromatic carbocycles. The summed E-state index contributed by atoms with van der Waals surface area (Å²) in [7, 11) is 0. The van der Waals surface area contributed by atoms with E-state index in [-0.39, 0.29) is 0 Å². The molecule has 1 aliphatic rings. The summed E-state index contributed by atoms with van der Waals surface area (Å²) in [5, 5.41) is 4.51. The van der Waals surface area contributed by atoms with E-state index in [9.17, 15) is 0 Å². The van der Waals surface area contributed by atoms with Crippen molar-refractivity contribution in [2.24, 2.45) is 0 Å². The zero-order valence-electron chi connectivity index (χ0n) is 25.2. The molecule has 1 aliphatic carbocycles. The van der Waals surface area contributed by atoms with Gasteiger partial charge in [0.05, 0.1) is 0 Å². The molecule has 0 atom stereocenters. The number of hydrogen-bond acceptors (Lipinski definition) is 4. The number of aromatic nitrogens is 1. The van der Waals surface area contributed by atoms with Crippen LogP contribution in [0.2, 0.25) is 0 Å². The van der Waals surface area contributed by atoms with Gasteiger partial charge < -0.3 is 13.7 Å². The normalized spacial score (nSPS) is 11.8. The third-order valence-corrected chi connectivity index (χ3v) is 9.22. The van der Waals surface area contributed by atoms with Crippen molar-refractivity contribution < 1.29 is 8.83 Å². The fraction of sp³-hybridized carbons (Fsp3) is 0. The maximum atomic E-state index is 6.45. The van der Waals surface area contributed by atoms with Gasteiger partial charge in [-0.25, -0.2) is 4.98 Å². The number of hydrogen-bond donors (Lipinski definition) is 0. The Hall–Kier alpha value is -6.39. The van der Waals surface area contributed by atoms with Crippen LogP contribution in [0.5, 0.6) is 0 Å². The van der Waals surface area contributed by atoms with Gasteiger partial charge in [0.2, 0.25) is 5.89 Å². The summed E-state index contributed by atoms with van der Waals surface area (Å²) in [6.07, 6.45) is 0. The predicted molar refractivity (Wildman–Crippen MR) is 191 cm³/mol. The van der Waals surface area contributed by atoms with E-state index in [4.69, 9.17) is 13.8 Å². The van der Waals surface area contributed by atoms with Crippen molar-refractivity contribution in [3.63, 3.8) is 0 Å². The summed E-state index contributed by atoms with van der Waals surface area (Å²) in [6.45, 7) is 0. The lowest BCUT2D eigenvalue weighted by atomic mass is 10.0. The van der Waals surface area contributed by atoms with Gasteiger partial charge in [0.1, 0.15) is 16.9 Å². The first kappa shape index (κ1) is 25.9. The molecule has 2 heterocycles. The van der Waals surface area contributed by atoms with E-state index < -0.39 is 0 Å². The van der Waals surface area contributed by atoms with Gasteiger partial charge in [-0.2, -0.15) is 0 Å². The molecule has 0 bridgehead atoms. The molecule has 4 nitrogen and oxygen atoms in total. The third kappa shape index (κ3) is 4.05. The Morgan fingerprint density at radius 3 is 1.98 bits per heavy atom. The van der Waals surface area contributed by atoms with Crippen LogP contribution in [0.25, 0.3) is 77.9 Å². The highest BCUT2D eigenvalue weighted by molar-refractivity contribution is 6.15. The van der Waals surface area contributed by atoms with Gasteiger partial charge in [0.25, 0.3) is 0 Å². The quantitative estimate of drug-likeness (QED) is 0.197. The van der Waals surface area contributed by atoms with Crippen LogP contribution >= 0.6 is 0 Å². The van der Waals surface area contributed by atoms with Crippen molar-refractivity contribution in [2.75, 3.05) is 4.90 Å². The zero-order valence-corrected chi connectivity index (χ0v) is 25.2. The summed E-state index contributed by atoms with van der Waals surface area (Å²) in [5.74, 6) is 1.46. The standard InChI is InChI=1S/C43H26N2O2/c1-3-10-27(11-4-1)28-18-20-31(21-19-28)45(32-22-23-39-36(25-32)34-15-7-8-17-38(34)46-39)33-24-30-14-9-16-35-40(30)37(26-33)41-42(35)47-43(44-41)29-12-5-2-6-13-29/h1-26H. The van der Waals surface area contributed by atoms with Crippen molar-refractivity contribution >= 4 is 49.8 Å². The lowest BCUT2D eigenvalue weighted by Crippen LogP contribution is -2.10. The van der Waals surface area contributed by atoms with Crippen LogP contribution < -0.4 is 4.90 Å². The van der Waals surface area contributed by atoms with Gasteiger partial charge in [0, 0.05) is 49.9 Å². The van der Waals surface area contributed by atoms with Crippen LogP contribution in [0.1, 0.15) is 0 Å². The molecule has 0 saturated carbocycles. The van der Waals surface area contributed by atoms with E-state index >= 15 is 0 Å². The molecule has 0 N–H and O–H groups in total. The monoisotopic (exact) mass is 602 g/mol. The van der Waals surface area contributed by atoms with Gasteiger partial charge in [-0.3, -0.25) is 0 Å². The topological polar surface area (TPSA) is 42.4 Å². The van der Waals surface area contributed by atoms with Crippen LogP contribution in [-0.2, 0) is 0 Å². The fourth-order valence-electron chi connectivity index (χ4n) is 7.04. The van der Waals surface area contributed by atoms with Gasteiger partial charge in [-0.1, -0.05) is 97.1 Å². The second-order valence-corrected chi connectivity index (χ2v) is 12.0. The number of para-hydroxylation sites is 1. The summed E-state index contributed by atoms with van der Waals surface area (Å²) in [5.41, 5.74) is 11.3. The van der Waals surface area contributed by atoms with Gasteiger partial charge in [-0.05, 0) is 77.2 Å². The largest absolute Gasteiger partial charge is 0.456 e. The van der Waals surface area contributed by atoms with Crippen molar-refractivity contribution in [3.8, 4) is 45.2 Å². The highest BCUT2D eigenvalue weighted by atomic mass is 16.4. The Labute approximate surface area is 270 Å². The first-order chi connectivity index (χ1) is 23.3. The van der Waals surface area contributed by atoms with Crippen molar-refractivity contribution in [3.05, 3.63) is 158 Å². The summed E-state index contributed by atoms with van der Waals surface area (Å²) in [4.78, 5) is 7.39. The number of rotatable bonds is 5. The molecular formula is C43H26N2O2. The molecule has 0 fully saturated rings. The number of fused-ring (bicyclic) bond motifs is 6. The molecule has 0 spiro atoms. The summed E-state index contributed by atoms with van der Waals surface area (Å²) in [6, 6.07) is 55.0. The Kier molecular flexibility index (Phi) is 5.54. The van der Waals surface area contributed by atoms with Crippen LogP contribution in [0, 0.1) is 0 Å². The molecule has 0 unspecified atom stereocenters. The molecular weight excluding hydrogens is 576 g/mol. The van der Waals surface area contributed by atoms with Crippen molar-refractivity contribution in [1.82, 2.24) is 4.98 Å². The second-order valence-electron chi connectivity index (χ2n) is 12.0. The SMILES string of the molecule is c1ccc(-c2ccc(N(c3cc4c5c(cccc5c3)-c3oc(-c5ccccc5)nc3-4)c3ccc4oc5ccccc5c4c3)cc2)cc1. The maximum absolute atomic E-state index is 6.45. The predicted octanol–water partition coefficient (Wildman–Crippen LogP) is 12.2. The molecule has 10 rings (SSSR count). The zero-order chi connectivity index (χ0) is 30.9. The molecule has 0 amide bonds. The van der Waals surface area contributed by atoms with Crippen LogP contribution in [0.4, 0.5) is 17.1 Å². The minimum atomic E-state index is 0.634. The first-order valence-corrected chi connectivity index (χ1v) is 15.8. The second kappa shape index (κ2) is 10.1. The number of oxazole rings is 1. The molecule has 0 radical (unpaired) electrons. The minimum Gasteiger partial charge on any atom is -0.456 e. The molecule has 220 valence electrons. The fourth-order valence-corrected chi connectivity index (χ4v) is 7.04. The lowest BCUT2D eigenvalue weighted by molar-refractivity contribution is 0.590. The van der Waals surface area contributed by atoms with E-state index in [2.05, 4.69) is 114 Å². The Bertz CT molecular complexity index is 2620. The number of anilines is 3. The van der Waals surface area contributed by atoms with E-state index in [1.54, 1.807) is 0 Å². The molecule has 0 saturated heterocycles. The van der Waals surface area contributed by atoms with Crippen molar-refractivity contribution in [1.29, 1.82) is 0 Å². The van der Waals surface area contributed by atoms with Crippen molar-refractivity contribution in [2.45, 2.75) is 0 Å². The maximum Gasteiger partial charge on any atom is 0.227 e. The molecule has 2 aromatic heterocycles. The van der Waals surface area contributed by atoms with Gasteiger partial charge in [0.15, 0.2) is 5.76 Å². The summed E-state index contributed by atoms with van der Waals surface area (Å²) >= 11 is 0. The number of furan rings is 1. The third-order valence-electron chi connectivity index (χ3n) is 9.22. The van der Waals surface area contributed by atoms with E-state index in [1.807, 2.05) is 48.5 Å². The molecule has 9 aromatic rings. The van der Waals surface area contributed by atoms with Gasteiger partial charge in [-0.15, -0.1) is 0 Å². The smallest absolute Gasteiger partial charge is 0.227 e. The molecule has 0 aliphatic heterocycles. The Morgan fingerprint density at radius 1 is 0.447 bits per heavy atom. The average molecular weight is 603 g/mol. The van der Waals surface area contributed by atoms with Crippen LogP contribution in [0.3, 0.4) is 0 Å². The minimum absolute atomic E-state index is 0.634. The lowest BCUT2D eigenvalue weighted by Gasteiger charge is -2.26. The van der Waals surface area contributed by atoms with E-state index in [0.717, 1.165) is 72.5 Å². The first-order valence-electron chi connectivity index (χ1n) is 15.8. The number of nitrogens with zero attached hydrogens (tertiary/aromatic N) is 2. The molecule has 4 heteroatoms. The highest BCUT2D eigenvalue weighted by Gasteiger charge is 2.29. The Morgan fingerprint density at radius 2 is 1.15 bits per heavy atom. The van der Waals surface area contributed by atoms with Crippen LogP contribution in [0.15, 0.2) is 167 Å². The average Bonchev–Trinajstić information content (AvgIpc) is 3.82. The summed E-state index contributed by atoms with van der Waals surface area (Å²) < 4.78 is 12.7. The van der Waals surface area contributed by atoms with E-state index in [1.165, 1.54) is 16.5 Å². The molecule has 47 heavy (non-hydrogen) atoms. The Balaban J connectivity index is 1.18. The highest BCUT2D eigenvalue weighted by Crippen LogP contribution is 2.51. The van der Waals surface area contributed by atoms with Crippen LogP contribution in [-0.4, -0.2) is 4.98 Å². The van der Waals surface area contributed by atoms with E-state index in [0.29, 0.717) is 5.89 Å². The number of benzene rings is 7.